The van der Waals surface area contributed by atoms with E-state index >= 15 is 0 Å². The summed E-state index contributed by atoms with van der Waals surface area (Å²) >= 11 is 0. The summed E-state index contributed by atoms with van der Waals surface area (Å²) in [5, 5.41) is 10.1. The molecule has 4 heteroatoms. The number of nitrogens with zero attached hydrogens (tertiary/aromatic N) is 1. The van der Waals surface area contributed by atoms with Crippen LogP contribution in [0.25, 0.3) is 0 Å². The van der Waals surface area contributed by atoms with Gasteiger partial charge in [0.05, 0.1) is 25.0 Å². The van der Waals surface area contributed by atoms with Crippen molar-refractivity contribution in [3.63, 3.8) is 0 Å². The molecule has 4 rings (SSSR count). The molecule has 0 radical (unpaired) electrons. The number of likely N-dealkylation sites (tertiary alicyclic amines) is 1. The number of quaternary nitrogens is 1. The molecule has 2 fully saturated rings. The smallest absolute Gasteiger partial charge is 0.315 e. The van der Waals surface area contributed by atoms with E-state index in [-0.39, 0.29) is 11.4 Å². The van der Waals surface area contributed by atoms with Crippen molar-refractivity contribution >= 4 is 5.97 Å². The maximum absolute atomic E-state index is 12.4. The Hall–Kier alpha value is -1.55. The number of rotatable bonds is 2. The second kappa shape index (κ2) is 6.23. The summed E-state index contributed by atoms with van der Waals surface area (Å²) in [6.07, 6.45) is 7.19. The largest absolute Gasteiger partial charge is 0.508 e. The van der Waals surface area contributed by atoms with E-state index < -0.39 is 5.41 Å². The van der Waals surface area contributed by atoms with Gasteiger partial charge >= 0.3 is 5.97 Å². The fourth-order valence-corrected chi connectivity index (χ4v) is 6.04. The summed E-state index contributed by atoms with van der Waals surface area (Å²) in [5.74, 6) is 0.906. The van der Waals surface area contributed by atoms with Crippen molar-refractivity contribution in [1.29, 1.82) is 0 Å². The third kappa shape index (κ3) is 2.97. The van der Waals surface area contributed by atoms with E-state index in [2.05, 4.69) is 13.1 Å². The standard InChI is InChI=1S/C23H33NO3/c1-22(2,3)21(26)27-15-24(4)12-11-23-10-6-5-7-18(23)20(24)13-16-8-9-17(25)14-19(16)23/h8-9,14,18,20H,5-7,10-13,15H2,1-4H3/p+1/t18-,20+,23+,24?/m1/s1. The Bertz CT molecular complexity index is 752. The third-order valence-corrected chi connectivity index (χ3v) is 7.59. The summed E-state index contributed by atoms with van der Waals surface area (Å²) in [6.45, 7) is 7.26. The number of hydrogen-bond donors (Lipinski definition) is 1. The second-order valence-corrected chi connectivity index (χ2v) is 10.4. The van der Waals surface area contributed by atoms with E-state index in [1.54, 1.807) is 0 Å². The van der Waals surface area contributed by atoms with Gasteiger partial charge in [-0.1, -0.05) is 18.9 Å². The molecule has 4 atom stereocenters. The topological polar surface area (TPSA) is 46.5 Å². The van der Waals surface area contributed by atoms with Crippen LogP contribution in [0.3, 0.4) is 0 Å². The van der Waals surface area contributed by atoms with Gasteiger partial charge in [-0.05, 0) is 56.9 Å². The van der Waals surface area contributed by atoms with E-state index in [0.29, 0.717) is 24.4 Å². The Kier molecular flexibility index (Phi) is 4.34. The molecule has 2 bridgehead atoms. The molecule has 1 aliphatic heterocycles. The summed E-state index contributed by atoms with van der Waals surface area (Å²) in [5.41, 5.74) is 2.55. The highest BCUT2D eigenvalue weighted by molar-refractivity contribution is 5.75. The molecular formula is C23H34NO3+. The third-order valence-electron chi connectivity index (χ3n) is 7.59. The molecule has 1 heterocycles. The summed E-state index contributed by atoms with van der Waals surface area (Å²) in [7, 11) is 2.28. The minimum atomic E-state index is -0.458. The first-order chi connectivity index (χ1) is 12.7. The number of phenolic OH excluding ortho intramolecular Hbond substituents is 1. The Labute approximate surface area is 163 Å². The van der Waals surface area contributed by atoms with Gasteiger partial charge in [0.2, 0.25) is 6.73 Å². The number of carbonyl (C=O) groups excluding carboxylic acids is 1. The maximum Gasteiger partial charge on any atom is 0.315 e. The fraction of sp³-hybridized carbons (Fsp3) is 0.696. The van der Waals surface area contributed by atoms with Crippen LogP contribution >= 0.6 is 0 Å². The molecule has 27 heavy (non-hydrogen) atoms. The SMILES string of the molecule is CC(C)(C)C(=O)OC[N+]1(C)CC[C@@]23CCCC[C@@H]2[C@@H]1Cc1ccc(O)cc13. The zero-order valence-electron chi connectivity index (χ0n) is 17.3. The number of aromatic hydroxyl groups is 1. The van der Waals surface area contributed by atoms with Gasteiger partial charge in [0.1, 0.15) is 5.75 Å². The van der Waals surface area contributed by atoms with Crippen molar-refractivity contribution in [2.75, 3.05) is 20.3 Å². The first kappa shape index (κ1) is 18.8. The number of fused-ring (bicyclic) bond motifs is 1. The van der Waals surface area contributed by atoms with Gasteiger partial charge in [-0.25, -0.2) is 0 Å². The fourth-order valence-electron chi connectivity index (χ4n) is 6.04. The van der Waals surface area contributed by atoms with E-state index in [1.165, 1.54) is 36.8 Å². The van der Waals surface area contributed by atoms with Gasteiger partial charge in [-0.2, -0.15) is 0 Å². The lowest BCUT2D eigenvalue weighted by Crippen LogP contribution is -2.69. The van der Waals surface area contributed by atoms with Crippen molar-refractivity contribution in [3.8, 4) is 5.75 Å². The van der Waals surface area contributed by atoms with Gasteiger partial charge in [0.15, 0.2) is 0 Å². The van der Waals surface area contributed by atoms with Crippen molar-refractivity contribution < 1.29 is 19.1 Å². The number of hydrogen-bond acceptors (Lipinski definition) is 3. The molecule has 0 spiro atoms. The molecule has 4 nitrogen and oxygen atoms in total. The number of esters is 1. The van der Waals surface area contributed by atoms with Crippen LogP contribution in [0.5, 0.6) is 5.75 Å². The zero-order valence-corrected chi connectivity index (χ0v) is 17.3. The van der Waals surface area contributed by atoms with Crippen LogP contribution in [0, 0.1) is 11.3 Å². The normalized spacial score (nSPS) is 35.1. The van der Waals surface area contributed by atoms with Crippen LogP contribution in [-0.2, 0) is 21.4 Å². The number of likely N-dealkylation sites (N-methyl/N-ethyl adjacent to an activating group) is 1. The van der Waals surface area contributed by atoms with Gasteiger partial charge in [-0.15, -0.1) is 0 Å². The minimum absolute atomic E-state index is 0.108. The molecule has 1 aromatic carbocycles. The first-order valence-electron chi connectivity index (χ1n) is 10.5. The van der Waals surface area contributed by atoms with E-state index in [1.807, 2.05) is 32.9 Å². The Morgan fingerprint density at radius 1 is 1.30 bits per heavy atom. The summed E-state index contributed by atoms with van der Waals surface area (Å²) in [4.78, 5) is 12.4. The van der Waals surface area contributed by atoms with Crippen LogP contribution < -0.4 is 0 Å². The highest BCUT2D eigenvalue weighted by Crippen LogP contribution is 2.57. The summed E-state index contributed by atoms with van der Waals surface area (Å²) in [6, 6.07) is 6.49. The van der Waals surface area contributed by atoms with Crippen LogP contribution in [0.2, 0.25) is 0 Å². The van der Waals surface area contributed by atoms with Crippen LogP contribution in [0.15, 0.2) is 18.2 Å². The van der Waals surface area contributed by atoms with Gasteiger partial charge in [-0.3, -0.25) is 9.28 Å². The Morgan fingerprint density at radius 2 is 2.07 bits per heavy atom. The number of phenols is 1. The Balaban J connectivity index is 1.67. The van der Waals surface area contributed by atoms with Crippen molar-refractivity contribution in [3.05, 3.63) is 29.3 Å². The minimum Gasteiger partial charge on any atom is -0.508 e. The van der Waals surface area contributed by atoms with Crippen molar-refractivity contribution in [2.45, 2.75) is 70.8 Å². The quantitative estimate of drug-likeness (QED) is 0.627. The molecule has 0 aromatic heterocycles. The maximum atomic E-state index is 12.4. The predicted molar refractivity (Wildman–Crippen MR) is 105 cm³/mol. The lowest BCUT2D eigenvalue weighted by molar-refractivity contribution is -0.959. The number of ether oxygens (including phenoxy) is 1. The molecule has 2 aliphatic carbocycles. The van der Waals surface area contributed by atoms with Crippen LogP contribution in [-0.4, -0.2) is 41.9 Å². The number of carbonyl (C=O) groups is 1. The molecule has 0 amide bonds. The molecule has 1 aromatic rings. The molecule has 148 valence electrons. The molecule has 1 N–H and O–H groups in total. The average molecular weight is 373 g/mol. The van der Waals surface area contributed by atoms with E-state index in [0.717, 1.165) is 23.9 Å². The Morgan fingerprint density at radius 3 is 2.81 bits per heavy atom. The number of benzene rings is 1. The van der Waals surface area contributed by atoms with Crippen LogP contribution in [0.4, 0.5) is 0 Å². The molecule has 1 unspecified atom stereocenters. The molecular weight excluding hydrogens is 338 g/mol. The predicted octanol–water partition coefficient (Wildman–Crippen LogP) is 4.14. The van der Waals surface area contributed by atoms with E-state index in [4.69, 9.17) is 4.74 Å². The van der Waals surface area contributed by atoms with Gasteiger partial charge in [0, 0.05) is 24.2 Å². The average Bonchev–Trinajstić information content (AvgIpc) is 2.62. The van der Waals surface area contributed by atoms with Gasteiger partial charge < -0.3 is 9.84 Å². The highest BCUT2D eigenvalue weighted by atomic mass is 16.5. The van der Waals surface area contributed by atoms with E-state index in [9.17, 15) is 9.90 Å². The highest BCUT2D eigenvalue weighted by Gasteiger charge is 2.59. The molecule has 1 saturated carbocycles. The molecule has 1 saturated heterocycles. The summed E-state index contributed by atoms with van der Waals surface area (Å²) < 4.78 is 6.65. The second-order valence-electron chi connectivity index (χ2n) is 10.4. The zero-order chi connectivity index (χ0) is 19.4. The van der Waals surface area contributed by atoms with Gasteiger partial charge in [0.25, 0.3) is 0 Å². The monoisotopic (exact) mass is 372 g/mol. The number of piperidine rings is 1. The van der Waals surface area contributed by atoms with Crippen molar-refractivity contribution in [2.24, 2.45) is 11.3 Å². The van der Waals surface area contributed by atoms with Crippen molar-refractivity contribution in [1.82, 2.24) is 0 Å². The van der Waals surface area contributed by atoms with Crippen LogP contribution in [0.1, 0.15) is 64.0 Å². The lowest BCUT2D eigenvalue weighted by atomic mass is 9.52. The first-order valence-corrected chi connectivity index (χ1v) is 10.5. The molecule has 3 aliphatic rings. The lowest BCUT2D eigenvalue weighted by Gasteiger charge is -2.61.